The smallest absolute Gasteiger partial charge is 0.364 e. The van der Waals surface area contributed by atoms with Gasteiger partial charge in [-0.15, -0.1) is 0 Å². The van der Waals surface area contributed by atoms with Crippen molar-refractivity contribution in [3.05, 3.63) is 0 Å². The predicted molar refractivity (Wildman–Crippen MR) is 185 cm³/mol. The van der Waals surface area contributed by atoms with Gasteiger partial charge in [0.15, 0.2) is 12.6 Å². The number of nitrogens with one attached hydrogen (secondary N) is 2. The number of rotatable bonds is 23. The van der Waals surface area contributed by atoms with Gasteiger partial charge in [-0.3, -0.25) is 14.4 Å². The van der Waals surface area contributed by atoms with Gasteiger partial charge in [-0.25, -0.2) is 4.79 Å². The molecule has 0 aromatic rings. The summed E-state index contributed by atoms with van der Waals surface area (Å²) >= 11 is 0. The molecule has 330 valence electrons. The first-order valence-corrected chi connectivity index (χ1v) is 18.7. The van der Waals surface area contributed by atoms with Crippen LogP contribution in [0.5, 0.6) is 0 Å². The summed E-state index contributed by atoms with van der Waals surface area (Å²) in [6.45, 7) is -1.66. The molecule has 0 aromatic carbocycles. The van der Waals surface area contributed by atoms with Gasteiger partial charge in [-0.2, -0.15) is 0 Å². The minimum absolute atomic E-state index is 0.129. The van der Waals surface area contributed by atoms with Gasteiger partial charge in [0.1, 0.15) is 67.1 Å². The van der Waals surface area contributed by atoms with E-state index >= 15 is 0 Å². The largest absolute Gasteiger partial charge is 0.477 e. The Morgan fingerprint density at radius 1 is 0.860 bits per heavy atom. The molecule has 23 nitrogen and oxygen atoms in total. The third kappa shape index (κ3) is 12.6. The van der Waals surface area contributed by atoms with E-state index in [1.807, 2.05) is 0 Å². The Kier molecular flexibility index (Phi) is 19.8. The number of carboxylic acid groups (broad SMARTS) is 1. The molecule has 0 bridgehead atoms. The predicted octanol–water partition coefficient (Wildman–Crippen LogP) is -5.54. The van der Waals surface area contributed by atoms with E-state index in [1.165, 1.54) is 7.11 Å². The molecular formula is C34H58N2O21. The summed E-state index contributed by atoms with van der Waals surface area (Å²) in [5.41, 5.74) is 0. The van der Waals surface area contributed by atoms with Crippen molar-refractivity contribution in [1.82, 2.24) is 10.6 Å². The van der Waals surface area contributed by atoms with Gasteiger partial charge in [-0.1, -0.05) is 25.7 Å². The van der Waals surface area contributed by atoms with Crippen molar-refractivity contribution in [2.24, 2.45) is 0 Å². The van der Waals surface area contributed by atoms with E-state index < -0.39 is 136 Å². The van der Waals surface area contributed by atoms with Crippen LogP contribution >= 0.6 is 0 Å². The number of carboxylic acids is 1. The number of esters is 1. The Hall–Kier alpha value is -2.72. The van der Waals surface area contributed by atoms with Crippen molar-refractivity contribution < 1.29 is 103 Å². The summed E-state index contributed by atoms with van der Waals surface area (Å²) in [5, 5.41) is 110. The first-order valence-electron chi connectivity index (χ1n) is 18.7. The van der Waals surface area contributed by atoms with Crippen molar-refractivity contribution in [3.8, 4) is 0 Å². The Balaban J connectivity index is 1.77. The standard InChI is InChI=1S/C34H58N2O21/c1-16(41)36-22-17(42)11-34(33(49)50,56-29(22)24(45)18(43)12-37)57-30-25(46)19(13-38)53-32(27(30)48)55-28-20(14-39)54-31(23(26(28)47)35-15-40)52-10-8-6-4-3-5-7-9-21(44)51-2/h15,17-20,22-32,37-39,42-43,45-48H,3-14H2,1-2H3,(H,35,40)(H,36,41)(H,49,50)/t17?,18?,19?,20?,22-,23?,24?,25-,26?,27?,28+,29?,30?,31-,32?,34+/m1/s1. The maximum atomic E-state index is 12.8. The Bertz CT molecular complexity index is 1270. The van der Waals surface area contributed by atoms with E-state index in [-0.39, 0.29) is 19.0 Å². The van der Waals surface area contributed by atoms with Crippen LogP contribution in [0.4, 0.5) is 0 Å². The van der Waals surface area contributed by atoms with Gasteiger partial charge in [0, 0.05) is 26.4 Å². The molecular weight excluding hydrogens is 772 g/mol. The molecule has 2 amide bonds. The lowest BCUT2D eigenvalue weighted by molar-refractivity contribution is -0.382. The van der Waals surface area contributed by atoms with E-state index in [0.717, 1.165) is 32.6 Å². The van der Waals surface area contributed by atoms with Crippen LogP contribution in [0.15, 0.2) is 0 Å². The van der Waals surface area contributed by atoms with Crippen molar-refractivity contribution in [2.45, 2.75) is 156 Å². The molecule has 3 aliphatic heterocycles. The molecule has 12 N–H and O–H groups in total. The molecule has 0 aromatic heterocycles. The van der Waals surface area contributed by atoms with Gasteiger partial charge in [0.25, 0.3) is 5.79 Å². The topological polar surface area (TPSA) is 359 Å². The maximum Gasteiger partial charge on any atom is 0.364 e. The van der Waals surface area contributed by atoms with Gasteiger partial charge < -0.3 is 94.9 Å². The summed E-state index contributed by atoms with van der Waals surface area (Å²) in [6, 6.07) is -2.86. The van der Waals surface area contributed by atoms with Crippen molar-refractivity contribution >= 4 is 24.3 Å². The average molecular weight is 831 g/mol. The number of amides is 2. The first-order chi connectivity index (χ1) is 27.1. The SMILES string of the molecule is COC(=O)CCCCCCCCO[C@@H]1OC(CO)[C@H](OC2OC(CO)[C@@H](O)C(O[C@]3(C(=O)O)CC(O)[C@@H](NC(C)=O)C(C(O)C(O)CO)O3)C2O)C(O)C1NC=O. The fourth-order valence-electron chi connectivity index (χ4n) is 6.94. The molecule has 11 unspecified atom stereocenters. The monoisotopic (exact) mass is 830 g/mol. The number of unbranched alkanes of at least 4 members (excludes halogenated alkanes) is 5. The number of aliphatic carboxylic acids is 1. The number of ether oxygens (including phenoxy) is 7. The number of carbonyl (C=O) groups is 4. The highest BCUT2D eigenvalue weighted by molar-refractivity contribution is 5.76. The number of hydrogen-bond acceptors (Lipinski definition) is 20. The van der Waals surface area contributed by atoms with E-state index in [9.17, 15) is 70.2 Å². The van der Waals surface area contributed by atoms with Gasteiger partial charge in [0.05, 0.1) is 39.1 Å². The molecule has 3 fully saturated rings. The second-order valence-electron chi connectivity index (χ2n) is 14.1. The fraction of sp³-hybridized carbons (Fsp3) is 0.882. The number of aliphatic hydroxyl groups excluding tert-OH is 9. The first kappa shape index (κ1) is 48.6. The van der Waals surface area contributed by atoms with Crippen molar-refractivity contribution in [2.75, 3.05) is 33.5 Å². The van der Waals surface area contributed by atoms with Crippen LogP contribution in [0.2, 0.25) is 0 Å². The van der Waals surface area contributed by atoms with E-state index in [4.69, 9.17) is 28.4 Å². The minimum Gasteiger partial charge on any atom is -0.477 e. The zero-order valence-corrected chi connectivity index (χ0v) is 31.7. The zero-order chi connectivity index (χ0) is 42.4. The summed E-state index contributed by atoms with van der Waals surface area (Å²) in [4.78, 5) is 47.5. The summed E-state index contributed by atoms with van der Waals surface area (Å²) in [7, 11) is 1.33. The quantitative estimate of drug-likeness (QED) is 0.0259. The summed E-state index contributed by atoms with van der Waals surface area (Å²) in [5.74, 6) is -6.03. The maximum absolute atomic E-state index is 12.8. The van der Waals surface area contributed by atoms with Gasteiger partial charge in [0.2, 0.25) is 12.3 Å². The Labute approximate surface area is 327 Å². The van der Waals surface area contributed by atoms with Gasteiger partial charge >= 0.3 is 11.9 Å². The average Bonchev–Trinajstić information content (AvgIpc) is 3.18. The highest BCUT2D eigenvalue weighted by Gasteiger charge is 2.60. The second kappa shape index (κ2) is 23.2. The van der Waals surface area contributed by atoms with Crippen LogP contribution in [0.25, 0.3) is 0 Å². The van der Waals surface area contributed by atoms with E-state index in [1.54, 1.807) is 0 Å². The lowest BCUT2D eigenvalue weighted by Crippen LogP contribution is -2.71. The molecule has 23 heteroatoms. The van der Waals surface area contributed by atoms with Crippen LogP contribution in [-0.4, -0.2) is 206 Å². The van der Waals surface area contributed by atoms with Crippen LogP contribution < -0.4 is 10.6 Å². The van der Waals surface area contributed by atoms with Gasteiger partial charge in [-0.05, 0) is 12.8 Å². The number of carbonyl (C=O) groups excluding carboxylic acids is 3. The number of hydrogen-bond donors (Lipinski definition) is 12. The van der Waals surface area contributed by atoms with E-state index in [2.05, 4.69) is 15.4 Å². The number of methoxy groups -OCH3 is 1. The molecule has 16 atom stereocenters. The third-order valence-electron chi connectivity index (χ3n) is 10.0. The highest BCUT2D eigenvalue weighted by Crippen LogP contribution is 2.38. The van der Waals surface area contributed by atoms with Crippen LogP contribution in [0.1, 0.15) is 58.3 Å². The molecule has 0 radical (unpaired) electrons. The Morgan fingerprint density at radius 2 is 1.49 bits per heavy atom. The molecule has 0 aliphatic carbocycles. The lowest BCUT2D eigenvalue weighted by atomic mass is 9.88. The molecule has 57 heavy (non-hydrogen) atoms. The zero-order valence-electron chi connectivity index (χ0n) is 31.7. The van der Waals surface area contributed by atoms with Crippen molar-refractivity contribution in [1.29, 1.82) is 0 Å². The third-order valence-corrected chi connectivity index (χ3v) is 10.0. The minimum atomic E-state index is -3.04. The lowest BCUT2D eigenvalue weighted by Gasteiger charge is -2.50. The molecule has 3 rings (SSSR count). The number of aliphatic hydroxyl groups is 9. The highest BCUT2D eigenvalue weighted by atomic mass is 16.8. The molecule has 3 heterocycles. The van der Waals surface area contributed by atoms with E-state index in [0.29, 0.717) is 19.3 Å². The molecule has 3 saturated heterocycles. The summed E-state index contributed by atoms with van der Waals surface area (Å²) in [6.07, 6.45) is -19.8. The van der Waals surface area contributed by atoms with Crippen LogP contribution in [0, 0.1) is 0 Å². The molecule has 3 aliphatic rings. The second-order valence-corrected chi connectivity index (χ2v) is 14.1. The normalized spacial score (nSPS) is 36.8. The van der Waals surface area contributed by atoms with Crippen LogP contribution in [-0.2, 0) is 52.3 Å². The summed E-state index contributed by atoms with van der Waals surface area (Å²) < 4.78 is 38.9. The molecule has 0 saturated carbocycles. The van der Waals surface area contributed by atoms with Crippen molar-refractivity contribution in [3.63, 3.8) is 0 Å². The Morgan fingerprint density at radius 3 is 2.07 bits per heavy atom. The molecule has 0 spiro atoms. The fourth-order valence-corrected chi connectivity index (χ4v) is 6.94. The van der Waals surface area contributed by atoms with Crippen LogP contribution in [0.3, 0.4) is 0 Å².